The van der Waals surface area contributed by atoms with Gasteiger partial charge in [0.15, 0.2) is 11.4 Å². The fraction of sp³-hybridized carbons (Fsp3) is 0.192. The molecule has 0 spiro atoms. The molecule has 34 heavy (non-hydrogen) atoms. The molecule has 4 aromatic rings. The summed E-state index contributed by atoms with van der Waals surface area (Å²) in [5, 5.41) is 0. The largest absolute Gasteiger partial charge is 0.573 e. The first-order valence-electron chi connectivity index (χ1n) is 10.5. The number of oxazole rings is 1. The number of benzene rings is 3. The average Bonchev–Trinajstić information content (AvgIpc) is 3.19. The molecule has 0 saturated heterocycles. The van der Waals surface area contributed by atoms with Crippen molar-refractivity contribution >= 4 is 23.1 Å². The van der Waals surface area contributed by atoms with Gasteiger partial charge in [-0.05, 0) is 78.6 Å². The van der Waals surface area contributed by atoms with Gasteiger partial charge >= 0.3 is 6.36 Å². The highest BCUT2D eigenvalue weighted by molar-refractivity contribution is 5.90. The lowest BCUT2D eigenvalue weighted by molar-refractivity contribution is -0.274. The number of aliphatic imine (C=N–C) groups is 1. The number of rotatable bonds is 7. The highest BCUT2D eigenvalue weighted by atomic mass is 19.4. The van der Waals surface area contributed by atoms with Gasteiger partial charge in [0.1, 0.15) is 11.3 Å². The number of Topliss-reactive ketones (excluding diaryl/α,β-unsaturated/α-hetero) is 1. The monoisotopic (exact) mass is 466 g/mol. The van der Waals surface area contributed by atoms with Crippen LogP contribution in [0.25, 0.3) is 22.6 Å². The summed E-state index contributed by atoms with van der Waals surface area (Å²) in [7, 11) is 0. The van der Waals surface area contributed by atoms with Gasteiger partial charge in [-0.1, -0.05) is 18.2 Å². The van der Waals surface area contributed by atoms with Crippen molar-refractivity contribution in [1.82, 2.24) is 4.98 Å². The number of carbonyl (C=O) groups is 1. The summed E-state index contributed by atoms with van der Waals surface area (Å²) in [6.07, 6.45) is -2.80. The van der Waals surface area contributed by atoms with Crippen molar-refractivity contribution in [3.05, 3.63) is 82.9 Å². The number of hydrogen-bond donors (Lipinski definition) is 0. The third-order valence-corrected chi connectivity index (χ3v) is 5.27. The summed E-state index contributed by atoms with van der Waals surface area (Å²) in [5.41, 5.74) is 5.57. The average molecular weight is 466 g/mol. The SMILES string of the molecule is Cc1cccc(C)c1CC(=O)CN=Cc1ccc2oc(-c3ccc(OC(F)(F)F)cc3)nc2c1. The molecule has 0 atom stereocenters. The van der Waals surface area contributed by atoms with Crippen LogP contribution in [0.2, 0.25) is 0 Å². The molecule has 5 nitrogen and oxygen atoms in total. The van der Waals surface area contributed by atoms with E-state index >= 15 is 0 Å². The molecule has 0 aliphatic rings. The van der Waals surface area contributed by atoms with Crippen LogP contribution >= 0.6 is 0 Å². The zero-order valence-electron chi connectivity index (χ0n) is 18.5. The number of aromatic nitrogens is 1. The summed E-state index contributed by atoms with van der Waals surface area (Å²) in [5.74, 6) is -0.0270. The number of hydrogen-bond acceptors (Lipinski definition) is 5. The van der Waals surface area contributed by atoms with Crippen LogP contribution in [-0.4, -0.2) is 29.9 Å². The van der Waals surface area contributed by atoms with Crippen LogP contribution in [0, 0.1) is 13.8 Å². The van der Waals surface area contributed by atoms with Crippen LogP contribution in [-0.2, 0) is 11.2 Å². The highest BCUT2D eigenvalue weighted by Gasteiger charge is 2.31. The molecular formula is C26H21F3N2O3. The smallest absolute Gasteiger partial charge is 0.436 e. The minimum absolute atomic E-state index is 0.0244. The lowest BCUT2D eigenvalue weighted by atomic mass is 9.98. The number of ether oxygens (including phenoxy) is 1. The number of halogens is 3. The Morgan fingerprint density at radius 2 is 1.76 bits per heavy atom. The Balaban J connectivity index is 1.43. The Morgan fingerprint density at radius 3 is 2.44 bits per heavy atom. The second-order valence-corrected chi connectivity index (χ2v) is 7.87. The predicted molar refractivity (Wildman–Crippen MR) is 123 cm³/mol. The molecule has 8 heteroatoms. The third-order valence-electron chi connectivity index (χ3n) is 5.27. The zero-order valence-corrected chi connectivity index (χ0v) is 18.5. The molecule has 0 fully saturated rings. The zero-order chi connectivity index (χ0) is 24.3. The number of alkyl halides is 3. The van der Waals surface area contributed by atoms with E-state index in [4.69, 9.17) is 4.42 Å². The van der Waals surface area contributed by atoms with Gasteiger partial charge in [-0.3, -0.25) is 9.79 Å². The van der Waals surface area contributed by atoms with Gasteiger partial charge < -0.3 is 9.15 Å². The van der Waals surface area contributed by atoms with Gasteiger partial charge in [-0.2, -0.15) is 0 Å². The van der Waals surface area contributed by atoms with E-state index in [2.05, 4.69) is 14.7 Å². The van der Waals surface area contributed by atoms with E-state index in [0.717, 1.165) is 22.3 Å². The molecule has 1 heterocycles. The standard InChI is InChI=1S/C26H21F3N2O3/c1-16-4-3-5-17(2)22(16)13-20(32)15-30-14-18-6-11-24-23(12-18)31-25(33-24)19-7-9-21(10-8-19)34-26(27,28)29/h3-12,14H,13,15H2,1-2H3. The summed E-state index contributed by atoms with van der Waals surface area (Å²) in [4.78, 5) is 21.0. The second-order valence-electron chi connectivity index (χ2n) is 7.87. The van der Waals surface area contributed by atoms with Crippen molar-refractivity contribution < 1.29 is 27.1 Å². The van der Waals surface area contributed by atoms with E-state index in [0.29, 0.717) is 23.1 Å². The maximum absolute atomic E-state index is 12.4. The third kappa shape index (κ3) is 5.70. The Morgan fingerprint density at radius 1 is 1.06 bits per heavy atom. The van der Waals surface area contributed by atoms with E-state index in [1.54, 1.807) is 24.4 Å². The fourth-order valence-electron chi connectivity index (χ4n) is 3.58. The fourth-order valence-corrected chi connectivity index (χ4v) is 3.58. The van der Waals surface area contributed by atoms with Gasteiger partial charge in [0, 0.05) is 18.2 Å². The van der Waals surface area contributed by atoms with Gasteiger partial charge in [-0.25, -0.2) is 4.98 Å². The Labute approximate surface area is 193 Å². The highest BCUT2D eigenvalue weighted by Crippen LogP contribution is 2.28. The Hall–Kier alpha value is -3.94. The summed E-state index contributed by atoms with van der Waals surface area (Å²) in [6, 6.07) is 16.5. The molecule has 0 saturated carbocycles. The summed E-state index contributed by atoms with van der Waals surface area (Å²) >= 11 is 0. The molecule has 174 valence electrons. The van der Waals surface area contributed by atoms with E-state index in [9.17, 15) is 18.0 Å². The molecule has 0 unspecified atom stereocenters. The molecule has 0 bridgehead atoms. The normalized spacial score (nSPS) is 11.9. The molecule has 0 aliphatic carbocycles. The van der Waals surface area contributed by atoms with E-state index in [1.165, 1.54) is 24.3 Å². The first-order chi connectivity index (χ1) is 16.2. The molecular weight excluding hydrogens is 445 g/mol. The molecule has 0 radical (unpaired) electrons. The molecule has 4 rings (SSSR count). The van der Waals surface area contributed by atoms with Crippen molar-refractivity contribution in [2.75, 3.05) is 6.54 Å². The molecule has 0 N–H and O–H groups in total. The minimum Gasteiger partial charge on any atom is -0.436 e. The number of carbonyl (C=O) groups excluding carboxylic acids is 1. The van der Waals surface area contributed by atoms with Crippen molar-refractivity contribution in [2.24, 2.45) is 4.99 Å². The van der Waals surface area contributed by atoms with Crippen molar-refractivity contribution in [3.63, 3.8) is 0 Å². The van der Waals surface area contributed by atoms with Crippen LogP contribution in [0.5, 0.6) is 5.75 Å². The van der Waals surface area contributed by atoms with Crippen molar-refractivity contribution in [2.45, 2.75) is 26.6 Å². The van der Waals surface area contributed by atoms with Crippen molar-refractivity contribution in [3.8, 4) is 17.2 Å². The number of fused-ring (bicyclic) bond motifs is 1. The van der Waals surface area contributed by atoms with Gasteiger partial charge in [0.25, 0.3) is 0 Å². The molecule has 3 aromatic carbocycles. The maximum atomic E-state index is 12.4. The quantitative estimate of drug-likeness (QED) is 0.303. The summed E-state index contributed by atoms with van der Waals surface area (Å²) in [6.45, 7) is 4.05. The topological polar surface area (TPSA) is 64.7 Å². The van der Waals surface area contributed by atoms with Gasteiger partial charge in [-0.15, -0.1) is 13.2 Å². The van der Waals surface area contributed by atoms with Crippen LogP contribution in [0.4, 0.5) is 13.2 Å². The van der Waals surface area contributed by atoms with Crippen molar-refractivity contribution in [1.29, 1.82) is 0 Å². The first-order valence-corrected chi connectivity index (χ1v) is 10.5. The van der Waals surface area contributed by atoms with Crippen LogP contribution in [0.3, 0.4) is 0 Å². The Bertz CT molecular complexity index is 1340. The second kappa shape index (κ2) is 9.51. The molecule has 0 amide bonds. The number of aryl methyl sites for hydroxylation is 2. The first kappa shape index (κ1) is 23.2. The number of nitrogens with zero attached hydrogens (tertiary/aromatic N) is 2. The lowest BCUT2D eigenvalue weighted by Gasteiger charge is -2.08. The lowest BCUT2D eigenvalue weighted by Crippen LogP contribution is -2.16. The van der Waals surface area contributed by atoms with E-state index in [1.807, 2.05) is 32.0 Å². The van der Waals surface area contributed by atoms with Crippen LogP contribution < -0.4 is 4.74 Å². The number of ketones is 1. The maximum Gasteiger partial charge on any atom is 0.573 e. The van der Waals surface area contributed by atoms with Crippen LogP contribution in [0.15, 0.2) is 70.1 Å². The van der Waals surface area contributed by atoms with E-state index in [-0.39, 0.29) is 24.0 Å². The van der Waals surface area contributed by atoms with E-state index < -0.39 is 6.36 Å². The minimum atomic E-state index is -4.75. The predicted octanol–water partition coefficient (Wildman–Crippen LogP) is 6.24. The molecule has 1 aromatic heterocycles. The van der Waals surface area contributed by atoms with Gasteiger partial charge in [0.2, 0.25) is 5.89 Å². The van der Waals surface area contributed by atoms with Gasteiger partial charge in [0.05, 0.1) is 6.54 Å². The van der Waals surface area contributed by atoms with Crippen LogP contribution in [0.1, 0.15) is 22.3 Å². The summed E-state index contributed by atoms with van der Waals surface area (Å²) < 4.78 is 46.6. The molecule has 0 aliphatic heterocycles. The Kier molecular flexibility index (Phi) is 6.49.